The van der Waals surface area contributed by atoms with Crippen LogP contribution in [-0.2, 0) is 11.3 Å². The summed E-state index contributed by atoms with van der Waals surface area (Å²) in [4.78, 5) is 18.4. The molecular formula is C15H22N6O. The third-order valence-corrected chi connectivity index (χ3v) is 4.20. The van der Waals surface area contributed by atoms with Gasteiger partial charge in [0.1, 0.15) is 12.7 Å². The highest BCUT2D eigenvalue weighted by Gasteiger charge is 2.25. The molecule has 1 fully saturated rings. The van der Waals surface area contributed by atoms with Crippen molar-refractivity contribution in [3.8, 4) is 0 Å². The van der Waals surface area contributed by atoms with Gasteiger partial charge in [-0.2, -0.15) is 10.2 Å². The molecule has 0 aromatic carbocycles. The highest BCUT2D eigenvalue weighted by molar-refractivity contribution is 5.76. The van der Waals surface area contributed by atoms with E-state index in [9.17, 15) is 4.79 Å². The summed E-state index contributed by atoms with van der Waals surface area (Å²) in [5.74, 6) is 0.192. The largest absolute Gasteiger partial charge is 0.340 e. The van der Waals surface area contributed by atoms with E-state index in [-0.39, 0.29) is 11.9 Å². The van der Waals surface area contributed by atoms with Crippen molar-refractivity contribution in [2.24, 2.45) is 0 Å². The van der Waals surface area contributed by atoms with Gasteiger partial charge in [0.05, 0.1) is 11.7 Å². The number of aryl methyl sites for hydroxylation is 3. The van der Waals surface area contributed by atoms with Gasteiger partial charge in [-0.1, -0.05) is 0 Å². The Balaban J connectivity index is 1.56. The lowest BCUT2D eigenvalue weighted by Gasteiger charge is -2.32. The highest BCUT2D eigenvalue weighted by atomic mass is 16.2. The van der Waals surface area contributed by atoms with Crippen molar-refractivity contribution >= 4 is 5.91 Å². The Labute approximate surface area is 129 Å². The van der Waals surface area contributed by atoms with Crippen molar-refractivity contribution in [2.45, 2.75) is 45.7 Å². The van der Waals surface area contributed by atoms with Crippen molar-refractivity contribution in [3.63, 3.8) is 0 Å². The quantitative estimate of drug-likeness (QED) is 0.855. The van der Waals surface area contributed by atoms with E-state index in [4.69, 9.17) is 0 Å². The van der Waals surface area contributed by atoms with Gasteiger partial charge in [-0.3, -0.25) is 9.48 Å². The van der Waals surface area contributed by atoms with Gasteiger partial charge in [-0.15, -0.1) is 0 Å². The predicted octanol–water partition coefficient (Wildman–Crippen LogP) is 1.35. The molecule has 0 unspecified atom stereocenters. The highest BCUT2D eigenvalue weighted by Crippen LogP contribution is 2.20. The molecule has 1 atom stereocenters. The second-order valence-electron chi connectivity index (χ2n) is 5.91. The van der Waals surface area contributed by atoms with E-state index in [1.54, 1.807) is 12.7 Å². The van der Waals surface area contributed by atoms with Crippen molar-refractivity contribution in [1.82, 2.24) is 29.4 Å². The lowest BCUT2D eigenvalue weighted by atomic mass is 10.1. The van der Waals surface area contributed by atoms with Crippen LogP contribution < -0.4 is 0 Å². The first-order valence-electron chi connectivity index (χ1n) is 7.76. The minimum atomic E-state index is 0.192. The maximum absolute atomic E-state index is 12.4. The summed E-state index contributed by atoms with van der Waals surface area (Å²) in [7, 11) is 0. The van der Waals surface area contributed by atoms with Crippen LogP contribution in [0.1, 0.15) is 36.7 Å². The van der Waals surface area contributed by atoms with Gasteiger partial charge in [-0.25, -0.2) is 9.67 Å². The second-order valence-corrected chi connectivity index (χ2v) is 5.91. The van der Waals surface area contributed by atoms with Gasteiger partial charge in [0.25, 0.3) is 0 Å². The van der Waals surface area contributed by atoms with Crippen LogP contribution in [0.25, 0.3) is 0 Å². The van der Waals surface area contributed by atoms with Crippen molar-refractivity contribution in [1.29, 1.82) is 0 Å². The van der Waals surface area contributed by atoms with E-state index in [1.807, 2.05) is 34.2 Å². The number of nitrogens with zero attached hydrogens (tertiary/aromatic N) is 6. The summed E-state index contributed by atoms with van der Waals surface area (Å²) in [6, 6.07) is 2.28. The fraction of sp³-hybridized carbons (Fsp3) is 0.600. The molecule has 0 radical (unpaired) electrons. The molecular weight excluding hydrogens is 280 g/mol. The molecule has 0 bridgehead atoms. The van der Waals surface area contributed by atoms with Gasteiger partial charge in [0.15, 0.2) is 0 Å². The molecule has 0 spiro atoms. The molecule has 7 nitrogen and oxygen atoms in total. The molecule has 1 aliphatic rings. The Morgan fingerprint density at radius 2 is 2.27 bits per heavy atom. The number of aromatic nitrogens is 5. The normalized spacial score (nSPS) is 18.6. The average molecular weight is 302 g/mol. The van der Waals surface area contributed by atoms with E-state index >= 15 is 0 Å². The maximum Gasteiger partial charge on any atom is 0.224 e. The van der Waals surface area contributed by atoms with Crippen LogP contribution in [0, 0.1) is 13.8 Å². The number of hydrogen-bond acceptors (Lipinski definition) is 4. The van der Waals surface area contributed by atoms with Crippen molar-refractivity contribution < 1.29 is 4.79 Å². The van der Waals surface area contributed by atoms with Crippen LogP contribution in [0.2, 0.25) is 0 Å². The summed E-state index contributed by atoms with van der Waals surface area (Å²) in [6.07, 6.45) is 5.82. The van der Waals surface area contributed by atoms with E-state index in [0.29, 0.717) is 13.0 Å². The fourth-order valence-corrected chi connectivity index (χ4v) is 3.06. The Hall–Kier alpha value is -2.18. The number of piperidine rings is 1. The summed E-state index contributed by atoms with van der Waals surface area (Å²) < 4.78 is 3.77. The number of carbonyl (C=O) groups excluding carboxylic acids is 1. The molecule has 0 N–H and O–H groups in total. The fourth-order valence-electron chi connectivity index (χ4n) is 3.06. The molecule has 1 amide bonds. The summed E-state index contributed by atoms with van der Waals surface area (Å²) in [6.45, 7) is 6.19. The van der Waals surface area contributed by atoms with Crippen LogP contribution in [0.5, 0.6) is 0 Å². The van der Waals surface area contributed by atoms with Gasteiger partial charge in [-0.05, 0) is 32.8 Å². The zero-order chi connectivity index (χ0) is 15.5. The third-order valence-electron chi connectivity index (χ3n) is 4.20. The minimum absolute atomic E-state index is 0.192. The molecule has 118 valence electrons. The molecule has 3 rings (SSSR count). The smallest absolute Gasteiger partial charge is 0.224 e. The molecule has 0 aliphatic carbocycles. The third kappa shape index (κ3) is 3.18. The monoisotopic (exact) mass is 302 g/mol. The molecule has 22 heavy (non-hydrogen) atoms. The van der Waals surface area contributed by atoms with E-state index in [2.05, 4.69) is 15.2 Å². The Kier molecular flexibility index (Phi) is 4.22. The SMILES string of the molecule is Cc1cc(C)n(CCC(=O)N2CCC[C@@H](n3cncn3)C2)n1. The molecule has 3 heterocycles. The van der Waals surface area contributed by atoms with E-state index in [1.165, 1.54) is 0 Å². The standard InChI is InChI=1S/C15H22N6O/c1-12-8-13(2)20(18-12)7-5-15(22)19-6-3-4-14(9-19)21-11-16-10-17-21/h8,10-11,14H,3-7,9H2,1-2H3/t14-/m1/s1. The molecule has 2 aromatic rings. The number of amides is 1. The van der Waals surface area contributed by atoms with Gasteiger partial charge in [0, 0.05) is 31.7 Å². The van der Waals surface area contributed by atoms with Crippen molar-refractivity contribution in [2.75, 3.05) is 13.1 Å². The Bertz CT molecular complexity index is 633. The maximum atomic E-state index is 12.4. The number of likely N-dealkylation sites (tertiary alicyclic amines) is 1. The zero-order valence-electron chi connectivity index (χ0n) is 13.1. The van der Waals surface area contributed by atoms with Gasteiger partial charge < -0.3 is 4.90 Å². The Morgan fingerprint density at radius 1 is 1.41 bits per heavy atom. The van der Waals surface area contributed by atoms with Crippen LogP contribution in [-0.4, -0.2) is 48.4 Å². The first-order chi connectivity index (χ1) is 10.6. The molecule has 7 heteroatoms. The lowest BCUT2D eigenvalue weighted by molar-refractivity contribution is -0.133. The van der Waals surface area contributed by atoms with Gasteiger partial charge in [0.2, 0.25) is 5.91 Å². The summed E-state index contributed by atoms with van der Waals surface area (Å²) in [5, 5.41) is 8.60. The molecule has 0 saturated carbocycles. The Morgan fingerprint density at radius 3 is 2.95 bits per heavy atom. The average Bonchev–Trinajstić information content (AvgIpc) is 3.15. The summed E-state index contributed by atoms with van der Waals surface area (Å²) in [5.41, 5.74) is 2.10. The number of rotatable bonds is 4. The first kappa shape index (κ1) is 14.7. The number of carbonyl (C=O) groups is 1. The predicted molar refractivity (Wildman–Crippen MR) is 81.2 cm³/mol. The van der Waals surface area contributed by atoms with Gasteiger partial charge >= 0.3 is 0 Å². The lowest BCUT2D eigenvalue weighted by Crippen LogP contribution is -2.41. The molecule has 1 aliphatic heterocycles. The second kappa shape index (κ2) is 6.29. The topological polar surface area (TPSA) is 68.8 Å². The molecule has 1 saturated heterocycles. The van der Waals surface area contributed by atoms with Crippen LogP contribution in [0.4, 0.5) is 0 Å². The first-order valence-corrected chi connectivity index (χ1v) is 7.76. The van der Waals surface area contributed by atoms with Crippen molar-refractivity contribution in [3.05, 3.63) is 30.1 Å². The zero-order valence-corrected chi connectivity index (χ0v) is 13.1. The minimum Gasteiger partial charge on any atom is -0.340 e. The number of hydrogen-bond donors (Lipinski definition) is 0. The van der Waals surface area contributed by atoms with E-state index < -0.39 is 0 Å². The van der Waals surface area contributed by atoms with Crippen LogP contribution in [0.15, 0.2) is 18.7 Å². The van der Waals surface area contributed by atoms with Crippen LogP contribution in [0.3, 0.4) is 0 Å². The van der Waals surface area contributed by atoms with E-state index in [0.717, 1.165) is 37.3 Å². The molecule has 2 aromatic heterocycles. The van der Waals surface area contributed by atoms with Crippen LogP contribution >= 0.6 is 0 Å². The summed E-state index contributed by atoms with van der Waals surface area (Å²) >= 11 is 0.